The Hall–Kier alpha value is -1.86. The fraction of sp³-hybridized carbons (Fsp3) is 0.429. The van der Waals surface area contributed by atoms with E-state index in [1.165, 1.54) is 17.7 Å². The molecular formula is C21H28ClFN2O3+2. The molecule has 3 rings (SSSR count). The molecule has 0 saturated carbocycles. The van der Waals surface area contributed by atoms with Gasteiger partial charge in [0.15, 0.2) is 11.5 Å². The molecule has 0 aromatic heterocycles. The smallest absolute Gasteiger partial charge is 0.161 e. The first-order valence-electron chi connectivity index (χ1n) is 9.62. The molecule has 2 aromatic rings. The summed E-state index contributed by atoms with van der Waals surface area (Å²) in [5.41, 5.74) is 1.91. The van der Waals surface area contributed by atoms with Crippen LogP contribution in [0.4, 0.5) is 4.39 Å². The van der Waals surface area contributed by atoms with Crippen LogP contribution < -0.4 is 19.7 Å². The molecule has 0 unspecified atom stereocenters. The van der Waals surface area contributed by atoms with Crippen molar-refractivity contribution in [3.8, 4) is 11.5 Å². The van der Waals surface area contributed by atoms with E-state index in [0.29, 0.717) is 16.5 Å². The molecule has 1 aliphatic heterocycles. The zero-order valence-electron chi connectivity index (χ0n) is 16.2. The third-order valence-electron chi connectivity index (χ3n) is 4.91. The normalized spacial score (nSPS) is 14.8. The number of halogens is 2. The summed E-state index contributed by atoms with van der Waals surface area (Å²) in [6.07, 6.45) is 0. The Morgan fingerprint density at radius 3 is 2.71 bits per heavy atom. The van der Waals surface area contributed by atoms with E-state index in [0.717, 1.165) is 51.5 Å². The van der Waals surface area contributed by atoms with Crippen molar-refractivity contribution in [2.75, 3.05) is 46.5 Å². The van der Waals surface area contributed by atoms with Crippen molar-refractivity contribution >= 4 is 11.6 Å². The number of hydrogen-bond donors (Lipinski definition) is 2. The number of nitrogens with two attached hydrogens (primary N) is 1. The first-order chi connectivity index (χ1) is 13.7. The van der Waals surface area contributed by atoms with Gasteiger partial charge in [-0.2, -0.15) is 0 Å². The lowest BCUT2D eigenvalue weighted by Gasteiger charge is -2.22. The summed E-state index contributed by atoms with van der Waals surface area (Å²) in [6, 6.07) is 10.2. The maximum Gasteiger partial charge on any atom is 0.161 e. The Morgan fingerprint density at radius 1 is 1.14 bits per heavy atom. The number of nitrogens with one attached hydrogen (secondary N) is 1. The molecule has 2 aromatic carbocycles. The maximum atomic E-state index is 13.2. The van der Waals surface area contributed by atoms with Crippen molar-refractivity contribution in [2.24, 2.45) is 0 Å². The molecule has 1 saturated heterocycles. The van der Waals surface area contributed by atoms with E-state index in [4.69, 9.17) is 25.8 Å². The van der Waals surface area contributed by atoms with Crippen LogP contribution in [-0.2, 0) is 17.9 Å². The largest absolute Gasteiger partial charge is 0.493 e. The first kappa shape index (κ1) is 20.9. The maximum absolute atomic E-state index is 13.2. The third-order valence-corrected chi connectivity index (χ3v) is 5.26. The predicted molar refractivity (Wildman–Crippen MR) is 106 cm³/mol. The van der Waals surface area contributed by atoms with Crippen LogP contribution >= 0.6 is 11.6 Å². The molecule has 7 heteroatoms. The molecule has 0 aliphatic carbocycles. The Labute approximate surface area is 170 Å². The Kier molecular flexibility index (Phi) is 7.91. The zero-order valence-corrected chi connectivity index (χ0v) is 16.9. The van der Waals surface area contributed by atoms with Gasteiger partial charge in [-0.05, 0) is 30.3 Å². The van der Waals surface area contributed by atoms with Gasteiger partial charge in [-0.25, -0.2) is 4.39 Å². The minimum absolute atomic E-state index is 0.253. The summed E-state index contributed by atoms with van der Waals surface area (Å²) in [5.74, 6) is 0.967. The molecule has 5 nitrogen and oxygen atoms in total. The van der Waals surface area contributed by atoms with Crippen molar-refractivity contribution in [1.82, 2.24) is 0 Å². The second kappa shape index (κ2) is 10.6. The van der Waals surface area contributed by atoms with Crippen molar-refractivity contribution in [1.29, 1.82) is 0 Å². The third kappa shape index (κ3) is 6.07. The van der Waals surface area contributed by atoms with Crippen molar-refractivity contribution in [2.45, 2.75) is 13.2 Å². The average Bonchev–Trinajstić information content (AvgIpc) is 2.72. The van der Waals surface area contributed by atoms with Crippen LogP contribution in [0.15, 0.2) is 36.4 Å². The lowest BCUT2D eigenvalue weighted by atomic mass is 10.2. The van der Waals surface area contributed by atoms with E-state index in [1.54, 1.807) is 18.1 Å². The highest BCUT2D eigenvalue weighted by Gasteiger charge is 2.14. The number of hydrogen-bond acceptors (Lipinski definition) is 3. The Balaban J connectivity index is 1.50. The quantitative estimate of drug-likeness (QED) is 0.607. The fourth-order valence-electron chi connectivity index (χ4n) is 3.24. The topological polar surface area (TPSA) is 48.7 Å². The summed E-state index contributed by atoms with van der Waals surface area (Å²) in [7, 11) is 1.63. The van der Waals surface area contributed by atoms with Gasteiger partial charge in [0.1, 0.15) is 45.1 Å². The second-order valence-electron chi connectivity index (χ2n) is 6.90. The molecule has 1 aliphatic rings. The van der Waals surface area contributed by atoms with Crippen molar-refractivity contribution < 1.29 is 28.8 Å². The molecule has 0 spiro atoms. The van der Waals surface area contributed by atoms with E-state index in [2.05, 4.69) is 5.32 Å². The molecule has 0 atom stereocenters. The van der Waals surface area contributed by atoms with Gasteiger partial charge in [0.2, 0.25) is 0 Å². The van der Waals surface area contributed by atoms with Crippen molar-refractivity contribution in [3.05, 3.63) is 58.4 Å². The molecule has 1 heterocycles. The molecule has 1 fully saturated rings. The van der Waals surface area contributed by atoms with E-state index < -0.39 is 0 Å². The number of quaternary nitrogens is 2. The van der Waals surface area contributed by atoms with Crippen LogP contribution in [0.5, 0.6) is 11.5 Å². The van der Waals surface area contributed by atoms with Crippen LogP contribution in [0.25, 0.3) is 0 Å². The van der Waals surface area contributed by atoms with E-state index >= 15 is 0 Å². The summed E-state index contributed by atoms with van der Waals surface area (Å²) in [5, 5.41) is 2.67. The monoisotopic (exact) mass is 410 g/mol. The molecule has 3 N–H and O–H groups in total. The highest BCUT2D eigenvalue weighted by atomic mass is 35.5. The van der Waals surface area contributed by atoms with Gasteiger partial charge in [-0.15, -0.1) is 0 Å². The predicted octanol–water partition coefficient (Wildman–Crippen LogP) is 1.05. The number of benzene rings is 2. The number of methoxy groups -OCH3 is 1. The number of morpholine rings is 1. The Bertz CT molecular complexity index is 769. The minimum Gasteiger partial charge on any atom is -0.493 e. The van der Waals surface area contributed by atoms with Gasteiger partial charge in [-0.1, -0.05) is 17.7 Å². The summed E-state index contributed by atoms with van der Waals surface area (Å²) >= 11 is 6.06. The summed E-state index contributed by atoms with van der Waals surface area (Å²) < 4.78 is 29.9. The molecular weight excluding hydrogens is 383 g/mol. The molecule has 28 heavy (non-hydrogen) atoms. The van der Waals surface area contributed by atoms with Crippen LogP contribution in [0, 0.1) is 5.82 Å². The Morgan fingerprint density at radius 2 is 1.96 bits per heavy atom. The van der Waals surface area contributed by atoms with Gasteiger partial charge in [-0.3, -0.25) is 0 Å². The molecule has 0 amide bonds. The van der Waals surface area contributed by atoms with Crippen LogP contribution in [0.1, 0.15) is 11.1 Å². The lowest BCUT2D eigenvalue weighted by Crippen LogP contribution is -3.16. The van der Waals surface area contributed by atoms with Gasteiger partial charge >= 0.3 is 0 Å². The number of rotatable bonds is 9. The SMILES string of the molecule is COc1cc(C[NH2+]CC[NH+]2CCOCC2)ccc1OCc1ccc(F)cc1Cl. The van der Waals surface area contributed by atoms with Gasteiger partial charge < -0.3 is 24.4 Å². The van der Waals surface area contributed by atoms with Crippen LogP contribution in [-0.4, -0.2) is 46.5 Å². The summed E-state index contributed by atoms with van der Waals surface area (Å²) in [6.45, 7) is 7.33. The standard InChI is InChI=1S/C21H26ClFN2O3/c1-26-21-12-16(14-24-6-7-25-8-10-27-11-9-25)2-5-20(21)28-15-17-3-4-18(23)13-19(17)22/h2-5,12-13,24H,6-11,14-15H2,1H3/p+2. The lowest BCUT2D eigenvalue weighted by molar-refractivity contribution is -0.920. The average molecular weight is 411 g/mol. The fourth-order valence-corrected chi connectivity index (χ4v) is 3.46. The van der Waals surface area contributed by atoms with Gasteiger partial charge in [0.05, 0.1) is 25.3 Å². The molecule has 152 valence electrons. The number of ether oxygens (including phenoxy) is 3. The van der Waals surface area contributed by atoms with Crippen molar-refractivity contribution in [3.63, 3.8) is 0 Å². The highest BCUT2D eigenvalue weighted by molar-refractivity contribution is 6.31. The molecule has 0 radical (unpaired) electrons. The molecule has 0 bridgehead atoms. The minimum atomic E-state index is -0.359. The highest BCUT2D eigenvalue weighted by Crippen LogP contribution is 2.29. The van der Waals surface area contributed by atoms with E-state index in [-0.39, 0.29) is 12.4 Å². The van der Waals surface area contributed by atoms with Gasteiger partial charge in [0, 0.05) is 11.1 Å². The van der Waals surface area contributed by atoms with Gasteiger partial charge in [0.25, 0.3) is 0 Å². The zero-order chi connectivity index (χ0) is 19.8. The van der Waals surface area contributed by atoms with E-state index in [1.807, 2.05) is 18.2 Å². The summed E-state index contributed by atoms with van der Waals surface area (Å²) in [4.78, 5) is 1.61. The first-order valence-corrected chi connectivity index (χ1v) is 10.00. The van der Waals surface area contributed by atoms with Crippen LogP contribution in [0.2, 0.25) is 5.02 Å². The van der Waals surface area contributed by atoms with E-state index in [9.17, 15) is 4.39 Å². The second-order valence-corrected chi connectivity index (χ2v) is 7.31. The van der Waals surface area contributed by atoms with Crippen LogP contribution in [0.3, 0.4) is 0 Å².